The molecule has 2 unspecified atom stereocenters. The van der Waals surface area contributed by atoms with Crippen LogP contribution in [-0.2, 0) is 0 Å². The van der Waals surface area contributed by atoms with Crippen molar-refractivity contribution in [2.24, 2.45) is 0 Å². The summed E-state index contributed by atoms with van der Waals surface area (Å²) in [6.45, 7) is 3.71. The van der Waals surface area contributed by atoms with Gasteiger partial charge in [-0.05, 0) is 38.1 Å². The zero-order valence-electron chi connectivity index (χ0n) is 11.4. The predicted molar refractivity (Wildman–Crippen MR) is 80.0 cm³/mol. The number of nitrogens with zero attached hydrogens (tertiary/aromatic N) is 1. The van der Waals surface area contributed by atoms with E-state index in [1.807, 2.05) is 18.4 Å². The normalized spacial score (nSPS) is 14.3. The third kappa shape index (κ3) is 2.75. The van der Waals surface area contributed by atoms with Crippen LogP contribution in [0.2, 0.25) is 0 Å². The van der Waals surface area contributed by atoms with Crippen molar-refractivity contribution in [3.63, 3.8) is 0 Å². The van der Waals surface area contributed by atoms with Crippen LogP contribution in [0.4, 0.5) is 4.39 Å². The van der Waals surface area contributed by atoms with E-state index in [4.69, 9.17) is 0 Å². The van der Waals surface area contributed by atoms with E-state index in [-0.39, 0.29) is 11.6 Å². The van der Waals surface area contributed by atoms with Gasteiger partial charge in [0.1, 0.15) is 11.9 Å². The first-order valence-electron chi connectivity index (χ1n) is 6.37. The van der Waals surface area contributed by atoms with Gasteiger partial charge in [-0.2, -0.15) is 12.6 Å². The van der Waals surface area contributed by atoms with E-state index >= 15 is 0 Å². The fraction of sp³-hybridized carbons (Fsp3) is 0.333. The Balaban J connectivity index is 2.49. The first-order chi connectivity index (χ1) is 9.45. The molecule has 0 radical (unpaired) electrons. The molecule has 2 N–H and O–H groups in total. The molecule has 0 spiro atoms. The van der Waals surface area contributed by atoms with Crippen molar-refractivity contribution in [2.75, 3.05) is 5.75 Å². The SMILES string of the molecule is Cc1cc(C(O)C(O)CS)c(C)n1-c1cccc(F)c1. The molecule has 2 atom stereocenters. The van der Waals surface area contributed by atoms with Crippen LogP contribution < -0.4 is 0 Å². The van der Waals surface area contributed by atoms with Crippen LogP contribution in [0.3, 0.4) is 0 Å². The molecule has 0 amide bonds. The molecule has 3 nitrogen and oxygen atoms in total. The second-order valence-corrected chi connectivity index (χ2v) is 5.20. The van der Waals surface area contributed by atoms with Crippen molar-refractivity contribution < 1.29 is 14.6 Å². The highest BCUT2D eigenvalue weighted by Gasteiger charge is 2.22. The van der Waals surface area contributed by atoms with Crippen LogP contribution in [0.25, 0.3) is 5.69 Å². The van der Waals surface area contributed by atoms with Gasteiger partial charge in [0.25, 0.3) is 0 Å². The average molecular weight is 295 g/mol. The molecule has 0 aliphatic heterocycles. The maximum Gasteiger partial charge on any atom is 0.125 e. The lowest BCUT2D eigenvalue weighted by Gasteiger charge is -2.16. The second-order valence-electron chi connectivity index (χ2n) is 4.84. The Kier molecular flexibility index (Phi) is 4.52. The highest BCUT2D eigenvalue weighted by molar-refractivity contribution is 7.80. The Hall–Kier alpha value is -1.30. The van der Waals surface area contributed by atoms with Crippen LogP contribution >= 0.6 is 12.6 Å². The van der Waals surface area contributed by atoms with E-state index < -0.39 is 12.2 Å². The summed E-state index contributed by atoms with van der Waals surface area (Å²) in [4.78, 5) is 0. The first-order valence-corrected chi connectivity index (χ1v) is 7.00. The molecule has 2 rings (SSSR count). The summed E-state index contributed by atoms with van der Waals surface area (Å²) in [6, 6.07) is 8.07. The molecule has 108 valence electrons. The van der Waals surface area contributed by atoms with Crippen LogP contribution in [0, 0.1) is 19.7 Å². The summed E-state index contributed by atoms with van der Waals surface area (Å²) in [7, 11) is 0. The van der Waals surface area contributed by atoms with Crippen molar-refractivity contribution in [3.8, 4) is 5.69 Å². The lowest BCUT2D eigenvalue weighted by Crippen LogP contribution is -2.20. The minimum absolute atomic E-state index is 0.171. The molecule has 20 heavy (non-hydrogen) atoms. The monoisotopic (exact) mass is 295 g/mol. The molecular formula is C15H18FNO2S. The summed E-state index contributed by atoms with van der Waals surface area (Å²) in [6.07, 6.45) is -1.93. The first kappa shape index (κ1) is 15.1. The van der Waals surface area contributed by atoms with Gasteiger partial charge in [-0.3, -0.25) is 0 Å². The van der Waals surface area contributed by atoms with Gasteiger partial charge >= 0.3 is 0 Å². The number of aliphatic hydroxyl groups excluding tert-OH is 2. The van der Waals surface area contributed by atoms with Crippen molar-refractivity contribution in [3.05, 3.63) is 53.1 Å². The molecule has 2 aromatic rings. The van der Waals surface area contributed by atoms with Crippen molar-refractivity contribution in [1.82, 2.24) is 4.57 Å². The zero-order chi connectivity index (χ0) is 14.9. The van der Waals surface area contributed by atoms with Gasteiger partial charge < -0.3 is 14.8 Å². The standard InChI is InChI=1S/C15H18FNO2S/c1-9-6-13(15(19)14(18)8-20)10(2)17(9)12-5-3-4-11(16)7-12/h3-7,14-15,18-20H,8H2,1-2H3. The number of aliphatic hydroxyl groups is 2. The Bertz CT molecular complexity index is 612. The van der Waals surface area contributed by atoms with Crippen LogP contribution in [-0.4, -0.2) is 26.6 Å². The Morgan fingerprint density at radius 2 is 1.95 bits per heavy atom. The molecule has 0 aliphatic rings. The topological polar surface area (TPSA) is 45.4 Å². The molecule has 0 saturated heterocycles. The summed E-state index contributed by atoms with van der Waals surface area (Å²) >= 11 is 3.99. The van der Waals surface area contributed by atoms with E-state index in [0.29, 0.717) is 11.3 Å². The number of halogens is 1. The maximum atomic E-state index is 13.4. The molecule has 0 bridgehead atoms. The highest BCUT2D eigenvalue weighted by Crippen LogP contribution is 2.27. The molecule has 1 heterocycles. The molecule has 1 aromatic heterocycles. The number of benzene rings is 1. The van der Waals surface area contributed by atoms with Crippen LogP contribution in [0.5, 0.6) is 0 Å². The largest absolute Gasteiger partial charge is 0.389 e. The molecule has 5 heteroatoms. The Morgan fingerprint density at radius 3 is 2.55 bits per heavy atom. The van der Waals surface area contributed by atoms with Crippen molar-refractivity contribution in [1.29, 1.82) is 0 Å². The average Bonchev–Trinajstić information content (AvgIpc) is 2.72. The highest BCUT2D eigenvalue weighted by atomic mass is 32.1. The maximum absolute atomic E-state index is 13.4. The van der Waals surface area contributed by atoms with Gasteiger partial charge in [0, 0.05) is 28.4 Å². The third-order valence-corrected chi connectivity index (χ3v) is 3.78. The lowest BCUT2D eigenvalue weighted by atomic mass is 10.1. The van der Waals surface area contributed by atoms with Gasteiger partial charge in [0.15, 0.2) is 0 Å². The smallest absolute Gasteiger partial charge is 0.125 e. The third-order valence-electron chi connectivity index (χ3n) is 3.41. The fourth-order valence-corrected chi connectivity index (χ4v) is 2.61. The lowest BCUT2D eigenvalue weighted by molar-refractivity contribution is 0.0334. The van der Waals surface area contributed by atoms with E-state index in [0.717, 1.165) is 11.4 Å². The van der Waals surface area contributed by atoms with E-state index in [9.17, 15) is 14.6 Å². The minimum Gasteiger partial charge on any atom is -0.389 e. The van der Waals surface area contributed by atoms with Gasteiger partial charge in [0.05, 0.1) is 6.10 Å². The molecule has 1 aromatic carbocycles. The van der Waals surface area contributed by atoms with Gasteiger partial charge in [-0.25, -0.2) is 4.39 Å². The van der Waals surface area contributed by atoms with Crippen LogP contribution in [0.1, 0.15) is 23.1 Å². The molecule has 0 saturated carbocycles. The summed E-state index contributed by atoms with van der Waals surface area (Å²) in [5.41, 5.74) is 2.97. The number of hydrogen-bond acceptors (Lipinski definition) is 3. The summed E-state index contributed by atoms with van der Waals surface area (Å²) in [5.74, 6) is -0.141. The molecule has 0 aliphatic carbocycles. The quantitative estimate of drug-likeness (QED) is 0.759. The number of thiol groups is 1. The van der Waals surface area contributed by atoms with Gasteiger partial charge in [-0.1, -0.05) is 6.07 Å². The predicted octanol–water partition coefficient (Wildman–Crippen LogP) is 2.56. The second kappa shape index (κ2) is 5.99. The summed E-state index contributed by atoms with van der Waals surface area (Å²) in [5, 5.41) is 19.8. The Morgan fingerprint density at radius 1 is 1.25 bits per heavy atom. The zero-order valence-corrected chi connectivity index (χ0v) is 12.3. The number of hydrogen-bond donors (Lipinski definition) is 3. The number of aromatic nitrogens is 1. The van der Waals surface area contributed by atoms with Gasteiger partial charge in [-0.15, -0.1) is 0 Å². The molecule has 0 fully saturated rings. The fourth-order valence-electron chi connectivity index (χ4n) is 2.41. The van der Waals surface area contributed by atoms with E-state index in [2.05, 4.69) is 12.6 Å². The Labute approximate surface area is 123 Å². The van der Waals surface area contributed by atoms with Crippen LogP contribution in [0.15, 0.2) is 30.3 Å². The van der Waals surface area contributed by atoms with Crippen molar-refractivity contribution in [2.45, 2.75) is 26.1 Å². The number of rotatable bonds is 4. The van der Waals surface area contributed by atoms with E-state index in [1.165, 1.54) is 12.1 Å². The summed E-state index contributed by atoms with van der Waals surface area (Å²) < 4.78 is 15.2. The number of aryl methyl sites for hydroxylation is 1. The molecular weight excluding hydrogens is 277 g/mol. The van der Waals surface area contributed by atoms with E-state index in [1.54, 1.807) is 18.2 Å². The van der Waals surface area contributed by atoms with Crippen molar-refractivity contribution >= 4 is 12.6 Å². The van der Waals surface area contributed by atoms with Gasteiger partial charge in [0.2, 0.25) is 0 Å². The minimum atomic E-state index is -0.999.